The molecule has 0 spiro atoms. The molecule has 27 heavy (non-hydrogen) atoms. The number of benzene rings is 1. The van der Waals surface area contributed by atoms with Crippen molar-refractivity contribution in [2.24, 2.45) is 0 Å². The van der Waals surface area contributed by atoms with E-state index in [0.29, 0.717) is 26.3 Å². The summed E-state index contributed by atoms with van der Waals surface area (Å²) in [6.45, 7) is 3.97. The Bertz CT molecular complexity index is 887. The Labute approximate surface area is 158 Å². The minimum atomic E-state index is 0.00513. The van der Waals surface area contributed by atoms with Crippen LogP contribution in [0.3, 0.4) is 0 Å². The number of carbonyl (C=O) groups excluding carboxylic acids is 1. The van der Waals surface area contributed by atoms with E-state index in [1.165, 1.54) is 0 Å². The Hall–Kier alpha value is -2.70. The standard InChI is InChI=1S/C21H24N4O2/c26-21(16-25-10-8-17-5-1-2-7-19(17)25)23-15-20(18-6-3-4-9-22-18)24-11-13-27-14-12-24/h1-10,20H,11-16H2,(H,23,26)/t20-/m1/s1. The molecule has 1 aromatic carbocycles. The second-order valence-electron chi connectivity index (χ2n) is 6.73. The van der Waals surface area contributed by atoms with Crippen LogP contribution in [0, 0.1) is 0 Å². The molecule has 1 atom stereocenters. The van der Waals surface area contributed by atoms with Gasteiger partial charge in [-0.2, -0.15) is 0 Å². The molecule has 140 valence electrons. The normalized spacial score (nSPS) is 16.3. The van der Waals surface area contributed by atoms with Gasteiger partial charge in [0.05, 0.1) is 24.9 Å². The number of para-hydroxylation sites is 1. The smallest absolute Gasteiger partial charge is 0.240 e. The van der Waals surface area contributed by atoms with Crippen molar-refractivity contribution in [2.45, 2.75) is 12.6 Å². The minimum Gasteiger partial charge on any atom is -0.379 e. The van der Waals surface area contributed by atoms with Gasteiger partial charge < -0.3 is 14.6 Å². The quantitative estimate of drug-likeness (QED) is 0.729. The van der Waals surface area contributed by atoms with Gasteiger partial charge in [0.25, 0.3) is 0 Å². The summed E-state index contributed by atoms with van der Waals surface area (Å²) in [6, 6.07) is 16.1. The largest absolute Gasteiger partial charge is 0.379 e. The number of aromatic nitrogens is 2. The van der Waals surface area contributed by atoms with E-state index in [2.05, 4.69) is 21.3 Å². The summed E-state index contributed by atoms with van der Waals surface area (Å²) in [7, 11) is 0. The van der Waals surface area contributed by atoms with Gasteiger partial charge in [-0.15, -0.1) is 0 Å². The topological polar surface area (TPSA) is 59.4 Å². The molecule has 6 heteroatoms. The van der Waals surface area contributed by atoms with E-state index in [-0.39, 0.29) is 11.9 Å². The third-order valence-electron chi connectivity index (χ3n) is 5.00. The second-order valence-corrected chi connectivity index (χ2v) is 6.73. The van der Waals surface area contributed by atoms with Crippen LogP contribution in [0.2, 0.25) is 0 Å². The summed E-state index contributed by atoms with van der Waals surface area (Å²) in [5.41, 5.74) is 2.05. The number of nitrogens with one attached hydrogen (secondary N) is 1. The van der Waals surface area contributed by atoms with Crippen LogP contribution in [-0.2, 0) is 16.1 Å². The average molecular weight is 364 g/mol. The molecular weight excluding hydrogens is 340 g/mol. The summed E-state index contributed by atoms with van der Waals surface area (Å²) < 4.78 is 7.45. The first-order valence-electron chi connectivity index (χ1n) is 9.34. The number of fused-ring (bicyclic) bond motifs is 1. The zero-order valence-electron chi connectivity index (χ0n) is 15.3. The van der Waals surface area contributed by atoms with Crippen molar-refractivity contribution in [3.05, 3.63) is 66.6 Å². The number of hydrogen-bond acceptors (Lipinski definition) is 4. The Balaban J connectivity index is 1.43. The summed E-state index contributed by atoms with van der Waals surface area (Å²) in [6.07, 6.45) is 3.76. The number of amides is 1. The van der Waals surface area contributed by atoms with Crippen LogP contribution in [0.5, 0.6) is 0 Å². The average Bonchev–Trinajstić information content (AvgIpc) is 3.13. The van der Waals surface area contributed by atoms with E-state index >= 15 is 0 Å². The van der Waals surface area contributed by atoms with Gasteiger partial charge in [0.15, 0.2) is 0 Å². The van der Waals surface area contributed by atoms with Crippen molar-refractivity contribution < 1.29 is 9.53 Å². The highest BCUT2D eigenvalue weighted by atomic mass is 16.5. The zero-order chi connectivity index (χ0) is 18.5. The van der Waals surface area contributed by atoms with Gasteiger partial charge in [-0.25, -0.2) is 0 Å². The van der Waals surface area contributed by atoms with Crippen LogP contribution < -0.4 is 5.32 Å². The first kappa shape index (κ1) is 17.7. The highest BCUT2D eigenvalue weighted by Gasteiger charge is 2.24. The third kappa shape index (κ3) is 4.18. The molecule has 1 N–H and O–H groups in total. The molecular formula is C21H24N4O2. The van der Waals surface area contributed by atoms with Crippen LogP contribution in [-0.4, -0.2) is 53.2 Å². The van der Waals surface area contributed by atoms with E-state index in [0.717, 1.165) is 29.7 Å². The number of pyridine rings is 1. The first-order chi connectivity index (χ1) is 13.3. The fraction of sp³-hybridized carbons (Fsp3) is 0.333. The lowest BCUT2D eigenvalue weighted by atomic mass is 10.1. The number of ether oxygens (including phenoxy) is 1. The fourth-order valence-electron chi connectivity index (χ4n) is 3.58. The molecule has 1 aliphatic rings. The van der Waals surface area contributed by atoms with E-state index in [1.54, 1.807) is 6.20 Å². The van der Waals surface area contributed by atoms with Gasteiger partial charge in [-0.1, -0.05) is 24.3 Å². The van der Waals surface area contributed by atoms with Crippen molar-refractivity contribution in [3.63, 3.8) is 0 Å². The molecule has 4 rings (SSSR count). The SMILES string of the molecule is O=C(Cn1ccc2ccccc21)NC[C@H](c1ccccn1)N1CCOCC1. The van der Waals surface area contributed by atoms with Crippen molar-refractivity contribution in [2.75, 3.05) is 32.8 Å². The molecule has 0 radical (unpaired) electrons. The third-order valence-corrected chi connectivity index (χ3v) is 5.00. The lowest BCUT2D eigenvalue weighted by molar-refractivity contribution is -0.122. The molecule has 6 nitrogen and oxygen atoms in total. The lowest BCUT2D eigenvalue weighted by Gasteiger charge is -2.34. The molecule has 0 unspecified atom stereocenters. The summed E-state index contributed by atoms with van der Waals surface area (Å²) >= 11 is 0. The number of carbonyl (C=O) groups is 1. The Kier molecular flexibility index (Phi) is 5.46. The van der Waals surface area contributed by atoms with Gasteiger partial charge >= 0.3 is 0 Å². The Morgan fingerprint density at radius 1 is 1.11 bits per heavy atom. The van der Waals surface area contributed by atoms with Gasteiger partial charge in [-0.3, -0.25) is 14.7 Å². The predicted molar refractivity (Wildman–Crippen MR) is 104 cm³/mol. The van der Waals surface area contributed by atoms with E-state index in [9.17, 15) is 4.79 Å². The number of hydrogen-bond donors (Lipinski definition) is 1. The summed E-state index contributed by atoms with van der Waals surface area (Å²) in [5, 5.41) is 4.24. The molecule has 3 heterocycles. The zero-order valence-corrected chi connectivity index (χ0v) is 15.3. The number of nitrogens with zero attached hydrogens (tertiary/aromatic N) is 3. The highest BCUT2D eigenvalue weighted by Crippen LogP contribution is 2.19. The predicted octanol–water partition coefficient (Wildman–Crippen LogP) is 2.23. The van der Waals surface area contributed by atoms with E-state index in [1.807, 2.05) is 53.2 Å². The number of morpholine rings is 1. The van der Waals surface area contributed by atoms with Crippen molar-refractivity contribution in [3.8, 4) is 0 Å². The Morgan fingerprint density at radius 3 is 2.74 bits per heavy atom. The fourth-order valence-corrected chi connectivity index (χ4v) is 3.58. The molecule has 2 aromatic heterocycles. The lowest BCUT2D eigenvalue weighted by Crippen LogP contribution is -2.44. The maximum Gasteiger partial charge on any atom is 0.240 e. The van der Waals surface area contributed by atoms with Crippen LogP contribution in [0.25, 0.3) is 10.9 Å². The molecule has 1 amide bonds. The molecule has 0 saturated carbocycles. The highest BCUT2D eigenvalue weighted by molar-refractivity contribution is 5.83. The van der Waals surface area contributed by atoms with Gasteiger partial charge in [0.1, 0.15) is 6.54 Å². The van der Waals surface area contributed by atoms with Crippen LogP contribution >= 0.6 is 0 Å². The van der Waals surface area contributed by atoms with Gasteiger partial charge in [0.2, 0.25) is 5.91 Å². The van der Waals surface area contributed by atoms with Crippen LogP contribution in [0.4, 0.5) is 0 Å². The maximum atomic E-state index is 12.6. The van der Waals surface area contributed by atoms with Gasteiger partial charge in [0, 0.05) is 37.5 Å². The molecule has 0 aliphatic carbocycles. The van der Waals surface area contributed by atoms with Crippen LogP contribution in [0.1, 0.15) is 11.7 Å². The monoisotopic (exact) mass is 364 g/mol. The summed E-state index contributed by atoms with van der Waals surface area (Å²) in [5.74, 6) is 0.00513. The molecule has 3 aromatic rings. The second kappa shape index (κ2) is 8.33. The molecule has 1 fully saturated rings. The van der Waals surface area contributed by atoms with Crippen molar-refractivity contribution in [1.29, 1.82) is 0 Å². The van der Waals surface area contributed by atoms with E-state index in [4.69, 9.17) is 4.74 Å². The summed E-state index contributed by atoms with van der Waals surface area (Å²) in [4.78, 5) is 19.4. The molecule has 1 saturated heterocycles. The molecule has 1 aliphatic heterocycles. The van der Waals surface area contributed by atoms with E-state index < -0.39 is 0 Å². The number of rotatable bonds is 6. The maximum absolute atomic E-state index is 12.6. The van der Waals surface area contributed by atoms with Crippen molar-refractivity contribution >= 4 is 16.8 Å². The minimum absolute atomic E-state index is 0.00513. The first-order valence-corrected chi connectivity index (χ1v) is 9.34. The molecule has 0 bridgehead atoms. The van der Waals surface area contributed by atoms with Gasteiger partial charge in [-0.05, 0) is 29.7 Å². The Morgan fingerprint density at radius 2 is 1.93 bits per heavy atom. The van der Waals surface area contributed by atoms with Crippen molar-refractivity contribution in [1.82, 2.24) is 19.8 Å². The van der Waals surface area contributed by atoms with Crippen LogP contribution in [0.15, 0.2) is 60.9 Å².